The van der Waals surface area contributed by atoms with Gasteiger partial charge in [-0.15, -0.1) is 0 Å². The van der Waals surface area contributed by atoms with Gasteiger partial charge in [-0.3, -0.25) is 9.78 Å². The molecule has 1 aromatic carbocycles. The lowest BCUT2D eigenvalue weighted by Crippen LogP contribution is -2.11. The van der Waals surface area contributed by atoms with Crippen LogP contribution in [-0.2, 0) is 0 Å². The number of carbonyl (C=O) groups is 1. The van der Waals surface area contributed by atoms with Gasteiger partial charge in [-0.2, -0.15) is 5.26 Å². The fraction of sp³-hybridized carbons (Fsp3) is 0. The monoisotopic (exact) mass is 255 g/mol. The Morgan fingerprint density at radius 2 is 2.06 bits per heavy atom. The zero-order valence-electron chi connectivity index (χ0n) is 9.33. The standard InChI is InChI=1S/C13H9N3OS/c14-9-18-12-5-3-11(4-6-12)16-13(17)10-2-1-7-15-8-10/h1-8H,(H,16,17). The fourth-order valence-electron chi connectivity index (χ4n) is 1.36. The van der Waals surface area contributed by atoms with Gasteiger partial charge in [-0.1, -0.05) is 0 Å². The number of nitrogens with zero attached hydrogens (tertiary/aromatic N) is 2. The molecule has 88 valence electrons. The van der Waals surface area contributed by atoms with Gasteiger partial charge >= 0.3 is 0 Å². The van der Waals surface area contributed by atoms with Gasteiger partial charge in [-0.05, 0) is 48.2 Å². The van der Waals surface area contributed by atoms with E-state index in [1.807, 2.05) is 5.40 Å². The first-order valence-electron chi connectivity index (χ1n) is 5.17. The molecule has 0 aliphatic carbocycles. The summed E-state index contributed by atoms with van der Waals surface area (Å²) in [5, 5.41) is 13.3. The third-order valence-corrected chi connectivity index (χ3v) is 2.80. The second-order valence-electron chi connectivity index (χ2n) is 3.41. The number of aromatic nitrogens is 1. The zero-order chi connectivity index (χ0) is 12.8. The molecule has 1 N–H and O–H groups in total. The highest BCUT2D eigenvalue weighted by Gasteiger charge is 2.05. The van der Waals surface area contributed by atoms with Crippen molar-refractivity contribution in [2.24, 2.45) is 0 Å². The number of nitriles is 1. The highest BCUT2D eigenvalue weighted by atomic mass is 32.2. The van der Waals surface area contributed by atoms with Crippen molar-refractivity contribution < 1.29 is 4.79 Å². The minimum atomic E-state index is -0.205. The molecule has 0 radical (unpaired) electrons. The molecule has 2 rings (SSSR count). The zero-order valence-corrected chi connectivity index (χ0v) is 10.1. The number of amides is 1. The number of nitrogens with one attached hydrogen (secondary N) is 1. The molecule has 2 aromatic rings. The lowest BCUT2D eigenvalue weighted by atomic mass is 10.2. The van der Waals surface area contributed by atoms with E-state index in [0.717, 1.165) is 16.7 Å². The average molecular weight is 255 g/mol. The van der Waals surface area contributed by atoms with Crippen LogP contribution in [0.25, 0.3) is 0 Å². The Morgan fingerprint density at radius 3 is 2.67 bits per heavy atom. The number of hydrogen-bond acceptors (Lipinski definition) is 4. The topological polar surface area (TPSA) is 65.8 Å². The third-order valence-electron chi connectivity index (χ3n) is 2.20. The maximum Gasteiger partial charge on any atom is 0.257 e. The molecular weight excluding hydrogens is 246 g/mol. The Labute approximate surface area is 109 Å². The fourth-order valence-corrected chi connectivity index (χ4v) is 1.74. The summed E-state index contributed by atoms with van der Waals surface area (Å²) in [6.07, 6.45) is 3.12. The van der Waals surface area contributed by atoms with Crippen LogP contribution < -0.4 is 5.32 Å². The number of hydrogen-bond donors (Lipinski definition) is 1. The first-order chi connectivity index (χ1) is 8.79. The Balaban J connectivity index is 2.06. The maximum absolute atomic E-state index is 11.8. The summed E-state index contributed by atoms with van der Waals surface area (Å²) in [7, 11) is 0. The minimum absolute atomic E-state index is 0.205. The highest BCUT2D eigenvalue weighted by Crippen LogP contribution is 2.19. The first-order valence-corrected chi connectivity index (χ1v) is 5.98. The van der Waals surface area contributed by atoms with Crippen molar-refractivity contribution in [3.05, 3.63) is 54.4 Å². The summed E-state index contributed by atoms with van der Waals surface area (Å²) < 4.78 is 0. The Hall–Kier alpha value is -2.32. The Kier molecular flexibility index (Phi) is 3.94. The highest BCUT2D eigenvalue weighted by molar-refractivity contribution is 8.03. The van der Waals surface area contributed by atoms with E-state index in [9.17, 15) is 4.79 Å². The van der Waals surface area contributed by atoms with Crippen molar-refractivity contribution in [3.8, 4) is 5.40 Å². The van der Waals surface area contributed by atoms with Crippen molar-refractivity contribution in [1.82, 2.24) is 4.98 Å². The molecule has 0 saturated carbocycles. The van der Waals surface area contributed by atoms with Crippen molar-refractivity contribution in [2.75, 3.05) is 5.32 Å². The molecule has 0 spiro atoms. The molecule has 18 heavy (non-hydrogen) atoms. The van der Waals surface area contributed by atoms with E-state index < -0.39 is 0 Å². The van der Waals surface area contributed by atoms with Crippen LogP contribution >= 0.6 is 11.8 Å². The van der Waals surface area contributed by atoms with Crippen LogP contribution in [0.4, 0.5) is 5.69 Å². The number of benzene rings is 1. The van der Waals surface area contributed by atoms with Crippen LogP contribution in [0.2, 0.25) is 0 Å². The summed E-state index contributed by atoms with van der Waals surface area (Å²) >= 11 is 1.08. The number of anilines is 1. The number of carbonyl (C=O) groups excluding carboxylic acids is 1. The van der Waals surface area contributed by atoms with Gasteiger partial charge in [0.25, 0.3) is 5.91 Å². The number of thioether (sulfide) groups is 1. The Morgan fingerprint density at radius 1 is 1.28 bits per heavy atom. The van der Waals surface area contributed by atoms with Gasteiger partial charge in [-0.25, -0.2) is 0 Å². The van der Waals surface area contributed by atoms with Crippen molar-refractivity contribution in [2.45, 2.75) is 4.90 Å². The molecule has 0 saturated heterocycles. The minimum Gasteiger partial charge on any atom is -0.322 e. The Bertz CT molecular complexity index is 575. The molecule has 1 heterocycles. The van der Waals surface area contributed by atoms with E-state index in [0.29, 0.717) is 11.3 Å². The summed E-state index contributed by atoms with van der Waals surface area (Å²) in [5.74, 6) is -0.205. The van der Waals surface area contributed by atoms with Gasteiger partial charge in [0.2, 0.25) is 0 Å². The second-order valence-corrected chi connectivity index (χ2v) is 4.27. The molecule has 0 bridgehead atoms. The summed E-state index contributed by atoms with van der Waals surface area (Å²) in [4.78, 5) is 16.5. The number of thiocyanates is 1. The molecule has 5 heteroatoms. The summed E-state index contributed by atoms with van der Waals surface area (Å²) in [6, 6.07) is 10.5. The van der Waals surface area contributed by atoms with Gasteiger partial charge < -0.3 is 5.32 Å². The first kappa shape index (κ1) is 12.1. The molecule has 1 aromatic heterocycles. The van der Waals surface area contributed by atoms with Crippen molar-refractivity contribution >= 4 is 23.4 Å². The largest absolute Gasteiger partial charge is 0.322 e. The van der Waals surface area contributed by atoms with E-state index in [1.165, 1.54) is 6.20 Å². The molecule has 0 unspecified atom stereocenters. The van der Waals surface area contributed by atoms with E-state index in [1.54, 1.807) is 42.6 Å². The third kappa shape index (κ3) is 3.09. The van der Waals surface area contributed by atoms with Crippen molar-refractivity contribution in [1.29, 1.82) is 5.26 Å². The van der Waals surface area contributed by atoms with Crippen LogP contribution in [0.5, 0.6) is 0 Å². The number of pyridine rings is 1. The van der Waals surface area contributed by atoms with Crippen molar-refractivity contribution in [3.63, 3.8) is 0 Å². The lowest BCUT2D eigenvalue weighted by molar-refractivity contribution is 0.102. The predicted octanol–water partition coefficient (Wildman–Crippen LogP) is 2.91. The molecule has 4 nitrogen and oxygen atoms in total. The van der Waals surface area contributed by atoms with Crippen LogP contribution in [0.15, 0.2) is 53.7 Å². The van der Waals surface area contributed by atoms with Gasteiger partial charge in [0.05, 0.1) is 5.56 Å². The summed E-state index contributed by atoms with van der Waals surface area (Å²) in [5.41, 5.74) is 1.19. The van der Waals surface area contributed by atoms with E-state index in [2.05, 4.69) is 10.3 Å². The molecular formula is C13H9N3OS. The summed E-state index contributed by atoms with van der Waals surface area (Å²) in [6.45, 7) is 0. The van der Waals surface area contributed by atoms with Gasteiger partial charge in [0, 0.05) is 23.0 Å². The van der Waals surface area contributed by atoms with E-state index in [-0.39, 0.29) is 5.91 Å². The number of rotatable bonds is 3. The van der Waals surface area contributed by atoms with Gasteiger partial charge in [0.15, 0.2) is 0 Å². The molecule has 0 aliphatic rings. The van der Waals surface area contributed by atoms with Crippen LogP contribution in [0.1, 0.15) is 10.4 Å². The molecule has 0 atom stereocenters. The molecule has 1 amide bonds. The second kappa shape index (κ2) is 5.84. The van der Waals surface area contributed by atoms with Crippen LogP contribution in [0.3, 0.4) is 0 Å². The van der Waals surface area contributed by atoms with E-state index in [4.69, 9.17) is 5.26 Å². The quantitative estimate of drug-likeness (QED) is 0.676. The van der Waals surface area contributed by atoms with E-state index >= 15 is 0 Å². The smallest absolute Gasteiger partial charge is 0.257 e. The van der Waals surface area contributed by atoms with Crippen LogP contribution in [0, 0.1) is 10.7 Å². The predicted molar refractivity (Wildman–Crippen MR) is 70.1 cm³/mol. The SMILES string of the molecule is N#CSc1ccc(NC(=O)c2cccnc2)cc1. The lowest BCUT2D eigenvalue weighted by Gasteiger charge is -2.04. The maximum atomic E-state index is 11.8. The normalized spacial score (nSPS) is 9.50. The molecule has 0 fully saturated rings. The van der Waals surface area contributed by atoms with Gasteiger partial charge in [0.1, 0.15) is 5.40 Å². The molecule has 0 aliphatic heterocycles. The van der Waals surface area contributed by atoms with Crippen LogP contribution in [-0.4, -0.2) is 10.9 Å². The average Bonchev–Trinajstić information content (AvgIpc) is 2.42.